The molecule has 0 saturated carbocycles. The van der Waals surface area contributed by atoms with Crippen molar-refractivity contribution in [3.8, 4) is 23.0 Å². The largest absolute Gasteiger partial charge is 0.476 e. The summed E-state index contributed by atoms with van der Waals surface area (Å²) in [6.07, 6.45) is 2.66. The minimum Gasteiger partial charge on any atom is -0.476 e. The number of aryl methyl sites for hydroxylation is 1. The zero-order valence-electron chi connectivity index (χ0n) is 29.0. The molecule has 1 fully saturated rings. The molecule has 3 aromatic heterocycles. The van der Waals surface area contributed by atoms with Crippen LogP contribution in [0.2, 0.25) is 0 Å². The van der Waals surface area contributed by atoms with Crippen molar-refractivity contribution in [1.29, 1.82) is 0 Å². The number of nitrogens with one attached hydrogen (secondary N) is 1. The number of halogens is 3. The summed E-state index contributed by atoms with van der Waals surface area (Å²) in [4.78, 5) is 15.5. The number of nitrogens with zero attached hydrogens (tertiary/aromatic N) is 7. The molecule has 0 radical (unpaired) electrons. The molecule has 5 heterocycles. The highest BCUT2D eigenvalue weighted by Crippen LogP contribution is 2.38. The predicted molar refractivity (Wildman–Crippen MR) is 189 cm³/mol. The van der Waals surface area contributed by atoms with Crippen molar-refractivity contribution in [2.24, 2.45) is 5.41 Å². The van der Waals surface area contributed by atoms with Crippen molar-refractivity contribution in [1.82, 2.24) is 29.0 Å². The summed E-state index contributed by atoms with van der Waals surface area (Å²) >= 11 is 0. The van der Waals surface area contributed by atoms with Gasteiger partial charge in [0.2, 0.25) is 15.9 Å². The topological polar surface area (TPSA) is 153 Å². The Morgan fingerprint density at radius 3 is 2.46 bits per heavy atom. The third-order valence-corrected chi connectivity index (χ3v) is 12.9. The fraction of sp³-hybridized carbons (Fsp3) is 0.471. The molecule has 52 heavy (non-hydrogen) atoms. The fourth-order valence-electron chi connectivity index (χ4n) is 6.07. The molecule has 4 aromatic rings. The Bertz CT molecular complexity index is 2130. The maximum atomic E-state index is 13.8. The van der Waals surface area contributed by atoms with E-state index in [0.717, 1.165) is 45.1 Å². The first kappa shape index (κ1) is 37.5. The number of hydrogen-bond acceptors (Lipinski definition) is 10. The van der Waals surface area contributed by atoms with Gasteiger partial charge in [-0.1, -0.05) is 43.2 Å². The second-order valence-electron chi connectivity index (χ2n) is 13.7. The Balaban J connectivity index is 1.36. The van der Waals surface area contributed by atoms with Crippen LogP contribution in [0.15, 0.2) is 66.0 Å². The van der Waals surface area contributed by atoms with E-state index in [1.807, 2.05) is 29.2 Å². The normalized spacial score (nSPS) is 19.7. The summed E-state index contributed by atoms with van der Waals surface area (Å²) in [5, 5.41) is 3.40. The number of alkyl halides is 3. The van der Waals surface area contributed by atoms with Crippen molar-refractivity contribution in [2.75, 3.05) is 42.9 Å². The lowest BCUT2D eigenvalue weighted by Gasteiger charge is -2.27. The molecule has 13 nitrogen and oxygen atoms in total. The predicted octanol–water partition coefficient (Wildman–Crippen LogP) is 5.45. The zero-order chi connectivity index (χ0) is 37.3. The zero-order valence-corrected chi connectivity index (χ0v) is 30.7. The second-order valence-corrected chi connectivity index (χ2v) is 17.6. The lowest BCUT2D eigenvalue weighted by atomic mass is 9.94. The number of benzene rings is 1. The molecule has 1 atom stereocenters. The van der Waals surface area contributed by atoms with E-state index in [1.165, 1.54) is 33.5 Å². The van der Waals surface area contributed by atoms with Crippen LogP contribution in [0.1, 0.15) is 51.5 Å². The highest BCUT2D eigenvalue weighted by Gasteiger charge is 2.48. The van der Waals surface area contributed by atoms with Crippen LogP contribution in [-0.4, -0.2) is 90.6 Å². The monoisotopic (exact) mass is 762 g/mol. The van der Waals surface area contributed by atoms with E-state index in [4.69, 9.17) is 9.72 Å². The van der Waals surface area contributed by atoms with Gasteiger partial charge in [-0.05, 0) is 57.2 Å². The Morgan fingerprint density at radius 2 is 1.71 bits per heavy atom. The van der Waals surface area contributed by atoms with Gasteiger partial charge in [0, 0.05) is 44.5 Å². The van der Waals surface area contributed by atoms with Crippen LogP contribution in [-0.2, 0) is 26.5 Å². The first-order chi connectivity index (χ1) is 24.5. The van der Waals surface area contributed by atoms with Crippen molar-refractivity contribution >= 4 is 31.7 Å². The highest BCUT2D eigenvalue weighted by molar-refractivity contribution is 7.92. The van der Waals surface area contributed by atoms with E-state index in [0.29, 0.717) is 43.0 Å². The number of pyridine rings is 1. The number of rotatable bonds is 6. The van der Waals surface area contributed by atoms with Crippen LogP contribution < -0.4 is 14.4 Å². The molecule has 2 aliphatic heterocycles. The van der Waals surface area contributed by atoms with E-state index in [2.05, 4.69) is 19.8 Å². The van der Waals surface area contributed by atoms with E-state index in [9.17, 15) is 30.0 Å². The molecule has 0 amide bonds. The highest BCUT2D eigenvalue weighted by atomic mass is 32.2. The van der Waals surface area contributed by atoms with Gasteiger partial charge >= 0.3 is 6.18 Å². The summed E-state index contributed by atoms with van der Waals surface area (Å²) in [5.41, 5.74) is -0.204. The smallest absolute Gasteiger partial charge is 0.397 e. The lowest BCUT2D eigenvalue weighted by Crippen LogP contribution is -2.38. The molecule has 4 bridgehead atoms. The van der Waals surface area contributed by atoms with Crippen LogP contribution in [0, 0.1) is 5.41 Å². The molecule has 1 aromatic carbocycles. The molecule has 0 aliphatic carbocycles. The van der Waals surface area contributed by atoms with Crippen LogP contribution in [0.25, 0.3) is 17.1 Å². The maximum absolute atomic E-state index is 13.8. The summed E-state index contributed by atoms with van der Waals surface area (Å²) in [5.74, 6) is 0.409. The van der Waals surface area contributed by atoms with E-state index in [-0.39, 0.29) is 29.1 Å². The second kappa shape index (κ2) is 14.6. The van der Waals surface area contributed by atoms with E-state index in [1.54, 1.807) is 19.2 Å². The van der Waals surface area contributed by atoms with Gasteiger partial charge in [-0.25, -0.2) is 32.4 Å². The Morgan fingerprint density at radius 1 is 0.942 bits per heavy atom. The summed E-state index contributed by atoms with van der Waals surface area (Å²) in [7, 11) is -6.23. The SMILES string of the molecule is CN1CC[C@@H](CN2CCCCCCc3ccccc3-c3nc(cnc3-n3ccc(OCC(C)(C)C(F)(F)F)n3)NS(=O)(=O)c3cccc2n3)S1(=O)=O. The van der Waals surface area contributed by atoms with Crippen LogP contribution >= 0.6 is 0 Å². The average Bonchev–Trinajstić information content (AvgIpc) is 3.67. The molecule has 6 rings (SSSR count). The van der Waals surface area contributed by atoms with Crippen molar-refractivity contribution in [3.05, 3.63) is 66.5 Å². The molecule has 0 spiro atoms. The van der Waals surface area contributed by atoms with Crippen LogP contribution in [0.4, 0.5) is 24.8 Å². The first-order valence-corrected chi connectivity index (χ1v) is 19.9. The van der Waals surface area contributed by atoms with Gasteiger partial charge in [0.1, 0.15) is 18.1 Å². The number of ether oxygens (including phenoxy) is 1. The Labute approximate surface area is 301 Å². The minimum absolute atomic E-state index is 0.0498. The number of fused-ring (bicyclic) bond motifs is 6. The molecule has 2 aliphatic rings. The lowest BCUT2D eigenvalue weighted by molar-refractivity contribution is -0.219. The summed E-state index contributed by atoms with van der Waals surface area (Å²) < 4.78 is 104. The minimum atomic E-state index is -4.48. The fourth-order valence-corrected chi connectivity index (χ4v) is 8.66. The Kier molecular flexibility index (Phi) is 10.5. The van der Waals surface area contributed by atoms with Crippen molar-refractivity contribution in [2.45, 2.75) is 68.8 Å². The van der Waals surface area contributed by atoms with Crippen molar-refractivity contribution in [3.63, 3.8) is 0 Å². The summed E-state index contributed by atoms with van der Waals surface area (Å²) in [6.45, 7) is 2.53. The van der Waals surface area contributed by atoms with E-state index < -0.39 is 43.5 Å². The quantitative estimate of drug-likeness (QED) is 0.269. The molecular weight excluding hydrogens is 722 g/mol. The molecule has 280 valence electrons. The van der Waals surface area contributed by atoms with Gasteiger partial charge in [0.15, 0.2) is 16.7 Å². The number of sulfonamides is 2. The number of anilines is 2. The van der Waals surface area contributed by atoms with E-state index >= 15 is 0 Å². The van der Waals surface area contributed by atoms with Crippen LogP contribution in [0.5, 0.6) is 5.88 Å². The first-order valence-electron chi connectivity index (χ1n) is 17.0. The number of aromatic nitrogens is 5. The van der Waals surface area contributed by atoms with Gasteiger partial charge in [-0.2, -0.15) is 21.6 Å². The molecule has 0 unspecified atom stereocenters. The van der Waals surface area contributed by atoms with Crippen LogP contribution in [0.3, 0.4) is 0 Å². The van der Waals surface area contributed by atoms with Gasteiger partial charge in [-0.3, -0.25) is 4.72 Å². The molecule has 1 N–H and O–H groups in total. The standard InChI is InChI=1S/C34H41F3N8O5S2/c1-33(2,34(35,36)37)23-50-29-17-20-45(41-29)32-31-26-13-8-7-12-24(26)11-6-4-5-9-18-44(22-25-16-19-43(3)52(25,48)49)28-14-10-15-30(40-28)51(46,47)42-27(39-31)21-38-32/h7-8,10,12-15,17,20-21,25H,4-6,9,11,16,18-19,22-23H2,1-3H3,(H,39,42)/t25-/m0/s1. The molecular formula is C34H41F3N8O5S2. The molecule has 18 heteroatoms. The van der Waals surface area contributed by atoms with Gasteiger partial charge in [0.25, 0.3) is 10.0 Å². The van der Waals surface area contributed by atoms with Gasteiger partial charge in [-0.15, -0.1) is 5.10 Å². The third kappa shape index (κ3) is 8.02. The van der Waals surface area contributed by atoms with Crippen molar-refractivity contribution < 1.29 is 34.7 Å². The summed E-state index contributed by atoms with van der Waals surface area (Å²) in [6, 6.07) is 13.5. The Hall–Kier alpha value is -4.29. The maximum Gasteiger partial charge on any atom is 0.397 e. The van der Waals surface area contributed by atoms with Gasteiger partial charge < -0.3 is 9.64 Å². The molecule has 1 saturated heterocycles. The van der Waals surface area contributed by atoms with Gasteiger partial charge in [0.05, 0.1) is 16.9 Å². The number of hydrogen-bond donors (Lipinski definition) is 1. The third-order valence-electron chi connectivity index (χ3n) is 9.37. The average molecular weight is 763 g/mol.